The van der Waals surface area contributed by atoms with Gasteiger partial charge in [0.25, 0.3) is 0 Å². The van der Waals surface area contributed by atoms with Crippen molar-refractivity contribution in [1.82, 2.24) is 4.37 Å². The zero-order valence-electron chi connectivity index (χ0n) is 16.3. The Balaban J connectivity index is 1.63. The van der Waals surface area contributed by atoms with Crippen LogP contribution in [-0.4, -0.2) is 32.6 Å². The van der Waals surface area contributed by atoms with Gasteiger partial charge in [-0.3, -0.25) is 0 Å². The Morgan fingerprint density at radius 1 is 0.667 bits per heavy atom. The van der Waals surface area contributed by atoms with Crippen molar-refractivity contribution in [3.63, 3.8) is 0 Å². The highest BCUT2D eigenvalue weighted by molar-refractivity contribution is 7.35. The van der Waals surface area contributed by atoms with Gasteiger partial charge >= 0.3 is 0 Å². The Morgan fingerprint density at radius 3 is 1.70 bits per heavy atom. The molecule has 1 heterocycles. The van der Waals surface area contributed by atoms with Crippen molar-refractivity contribution in [2.75, 3.05) is 38.0 Å². The lowest BCUT2D eigenvalue weighted by atomic mass is 10.2. The van der Waals surface area contributed by atoms with Gasteiger partial charge in [-0.25, -0.2) is 0 Å². The summed E-state index contributed by atoms with van der Waals surface area (Å²) in [5.41, 5.74) is 5.80. The van der Waals surface area contributed by atoms with Crippen molar-refractivity contribution >= 4 is 45.7 Å². The van der Waals surface area contributed by atoms with Crippen LogP contribution in [0.15, 0.2) is 60.0 Å². The zero-order chi connectivity index (χ0) is 19.2. The normalized spacial score (nSPS) is 12.1. The fourth-order valence-corrected chi connectivity index (χ4v) is 3.73. The van der Waals surface area contributed by atoms with Gasteiger partial charge < -0.3 is 9.80 Å². The summed E-state index contributed by atoms with van der Waals surface area (Å²) in [5.74, 6) is 0. The molecule has 0 aliphatic carbocycles. The van der Waals surface area contributed by atoms with Crippen LogP contribution in [0.5, 0.6) is 0 Å². The highest BCUT2D eigenvalue weighted by atomic mass is 32.2. The van der Waals surface area contributed by atoms with Gasteiger partial charge in [0.1, 0.15) is 16.4 Å². The van der Waals surface area contributed by atoms with E-state index in [9.17, 15) is 0 Å². The van der Waals surface area contributed by atoms with E-state index in [1.165, 1.54) is 22.5 Å². The van der Waals surface area contributed by atoms with Gasteiger partial charge in [-0.1, -0.05) is 30.3 Å². The highest BCUT2D eigenvalue weighted by Gasteiger charge is 2.04. The number of hydrogen-bond acceptors (Lipinski definition) is 3. The van der Waals surface area contributed by atoms with Crippen LogP contribution in [0.4, 0.5) is 11.4 Å². The van der Waals surface area contributed by atoms with E-state index in [0.717, 1.165) is 5.69 Å². The van der Waals surface area contributed by atoms with Crippen LogP contribution in [-0.2, 0) is 0 Å². The maximum atomic E-state index is 4.75. The molecule has 0 saturated heterocycles. The number of hydrogen-bond donors (Lipinski definition) is 0. The summed E-state index contributed by atoms with van der Waals surface area (Å²) in [6.45, 7) is 0. The second-order valence-electron chi connectivity index (χ2n) is 6.77. The number of nitrogens with zero attached hydrogens (tertiary/aromatic N) is 3. The van der Waals surface area contributed by atoms with Gasteiger partial charge in [0, 0.05) is 51.7 Å². The van der Waals surface area contributed by atoms with E-state index in [4.69, 9.17) is 4.37 Å². The summed E-state index contributed by atoms with van der Waals surface area (Å²) in [7, 11) is 8.02. The van der Waals surface area contributed by atoms with Crippen molar-refractivity contribution in [3.05, 3.63) is 76.8 Å². The lowest BCUT2D eigenvalue weighted by molar-refractivity contribution is 1.13. The molecule has 0 N–H and O–H groups in total. The molecule has 3 nitrogen and oxygen atoms in total. The van der Waals surface area contributed by atoms with E-state index < -0.39 is 0 Å². The van der Waals surface area contributed by atoms with E-state index >= 15 is 0 Å². The van der Waals surface area contributed by atoms with E-state index in [1.54, 1.807) is 0 Å². The molecule has 1 aromatic heterocycles. The number of anilines is 2. The Hall–Kier alpha value is -2.85. The maximum absolute atomic E-state index is 4.75. The molecule has 0 spiro atoms. The minimum absolute atomic E-state index is 0.181. The van der Waals surface area contributed by atoms with Crippen molar-refractivity contribution in [1.29, 1.82) is 0 Å². The SMILES string of the molecule is CN(C)c1ccc(C=Cc2cc[s+](C=Cc3ccc(N(C)C)cc3)n2)cc1. The minimum Gasteiger partial charge on any atom is -0.378 e. The molecule has 138 valence electrons. The van der Waals surface area contributed by atoms with E-state index in [2.05, 4.69) is 108 Å². The van der Waals surface area contributed by atoms with E-state index in [0.29, 0.717) is 0 Å². The molecule has 0 saturated carbocycles. The first-order chi connectivity index (χ1) is 13.0. The summed E-state index contributed by atoms with van der Waals surface area (Å²) in [4.78, 5) is 4.20. The lowest BCUT2D eigenvalue weighted by Crippen LogP contribution is -2.07. The average Bonchev–Trinajstić information content (AvgIpc) is 3.13. The summed E-state index contributed by atoms with van der Waals surface area (Å²) in [5, 5.41) is 4.31. The molecule has 3 rings (SSSR count). The topological polar surface area (TPSA) is 19.4 Å². The summed E-state index contributed by atoms with van der Waals surface area (Å²) in [6.07, 6.45) is 6.33. The maximum Gasteiger partial charge on any atom is 0.170 e. The number of benzene rings is 2. The summed E-state index contributed by atoms with van der Waals surface area (Å²) < 4.78 is 4.75. The molecule has 1 unspecified atom stereocenters. The van der Waals surface area contributed by atoms with Gasteiger partial charge in [0.15, 0.2) is 10.8 Å². The first kappa shape index (κ1) is 18.9. The molecule has 0 aliphatic heterocycles. The smallest absolute Gasteiger partial charge is 0.170 e. The molecule has 4 heteroatoms. The second-order valence-corrected chi connectivity index (χ2v) is 8.19. The predicted octanol–water partition coefficient (Wildman–Crippen LogP) is 5.76. The second kappa shape index (κ2) is 8.69. The molecule has 3 aromatic rings. The molecule has 2 aromatic carbocycles. The first-order valence-corrected chi connectivity index (χ1v) is 10.2. The number of rotatable bonds is 6. The van der Waals surface area contributed by atoms with Crippen LogP contribution in [0.25, 0.3) is 23.6 Å². The monoisotopic (exact) mass is 376 g/mol. The fraction of sp³-hybridized carbons (Fsp3) is 0.174. The summed E-state index contributed by atoms with van der Waals surface area (Å²) >= 11 is 0. The summed E-state index contributed by atoms with van der Waals surface area (Å²) in [6, 6.07) is 19.1. The average molecular weight is 377 g/mol. The van der Waals surface area contributed by atoms with Crippen LogP contribution in [0.2, 0.25) is 0 Å². The van der Waals surface area contributed by atoms with Gasteiger partial charge in [-0.2, -0.15) is 0 Å². The standard InChI is InChI=1S/C23H26N3S/c1-25(2)22-11-6-19(7-12-22)5-10-21-16-18-27(24-21)17-15-20-8-13-23(14-9-20)26(3)4/h5-18H,1-4H3/q+1. The number of aromatic nitrogens is 1. The quantitative estimate of drug-likeness (QED) is 0.510. The van der Waals surface area contributed by atoms with Gasteiger partial charge in [0.05, 0.1) is 0 Å². The van der Waals surface area contributed by atoms with Crippen LogP contribution in [0.3, 0.4) is 0 Å². The van der Waals surface area contributed by atoms with Crippen molar-refractivity contribution in [2.45, 2.75) is 0 Å². The Kier molecular flexibility index (Phi) is 6.09. The third-order valence-corrected chi connectivity index (χ3v) is 5.51. The van der Waals surface area contributed by atoms with Crippen LogP contribution >= 0.6 is 10.7 Å². The van der Waals surface area contributed by atoms with Gasteiger partial charge in [-0.15, -0.1) is 0 Å². The Morgan fingerprint density at radius 2 is 1.19 bits per heavy atom. The molecular formula is C23H26N3S+. The Bertz CT molecular complexity index is 841. The van der Waals surface area contributed by atoms with Gasteiger partial charge in [0.2, 0.25) is 0 Å². The lowest BCUT2D eigenvalue weighted by Gasteiger charge is -2.11. The molecule has 0 bridgehead atoms. The molecule has 27 heavy (non-hydrogen) atoms. The van der Waals surface area contributed by atoms with Gasteiger partial charge in [-0.05, 0) is 45.8 Å². The van der Waals surface area contributed by atoms with Crippen LogP contribution in [0, 0.1) is 0 Å². The third kappa shape index (κ3) is 5.31. The van der Waals surface area contributed by atoms with Crippen LogP contribution < -0.4 is 9.80 Å². The zero-order valence-corrected chi connectivity index (χ0v) is 17.1. The van der Waals surface area contributed by atoms with Crippen LogP contribution in [0.1, 0.15) is 16.8 Å². The largest absolute Gasteiger partial charge is 0.378 e. The molecular weight excluding hydrogens is 350 g/mol. The Labute approximate surface area is 165 Å². The molecule has 0 amide bonds. The van der Waals surface area contributed by atoms with Crippen molar-refractivity contribution in [2.24, 2.45) is 0 Å². The molecule has 0 radical (unpaired) electrons. The highest BCUT2D eigenvalue weighted by Crippen LogP contribution is 2.22. The van der Waals surface area contributed by atoms with Crippen molar-refractivity contribution in [3.8, 4) is 0 Å². The minimum atomic E-state index is -0.181. The molecule has 0 fully saturated rings. The van der Waals surface area contributed by atoms with E-state index in [1.807, 2.05) is 14.1 Å². The fourth-order valence-electron chi connectivity index (χ4n) is 2.58. The molecule has 1 atom stereocenters. The van der Waals surface area contributed by atoms with E-state index in [-0.39, 0.29) is 10.7 Å². The molecule has 0 aliphatic rings. The first-order valence-electron chi connectivity index (χ1n) is 8.91. The predicted molar refractivity (Wildman–Crippen MR) is 122 cm³/mol. The van der Waals surface area contributed by atoms with Crippen molar-refractivity contribution < 1.29 is 0 Å². The third-order valence-electron chi connectivity index (χ3n) is 4.25.